The fourth-order valence-corrected chi connectivity index (χ4v) is 1.14. The molecule has 0 bridgehead atoms. The van der Waals surface area contributed by atoms with Crippen molar-refractivity contribution in [1.82, 2.24) is 0 Å². The van der Waals surface area contributed by atoms with Gasteiger partial charge in [-0.25, -0.2) is 9.90 Å². The molecule has 1 radical (unpaired) electrons. The lowest BCUT2D eigenvalue weighted by Crippen LogP contribution is -2.06. The minimum atomic E-state index is -1.02. The number of ether oxygens (including phenoxy) is 1. The average molecular weight is 243 g/mol. The zero-order valence-electron chi connectivity index (χ0n) is 9.60. The molecule has 0 saturated heterocycles. The summed E-state index contributed by atoms with van der Waals surface area (Å²) in [6, 6.07) is 7.13. The third-order valence-corrected chi connectivity index (χ3v) is 1.80. The van der Waals surface area contributed by atoms with Gasteiger partial charge in [-0.2, -0.15) is 0 Å². The van der Waals surface area contributed by atoms with E-state index in [0.717, 1.165) is 11.1 Å². The van der Waals surface area contributed by atoms with Crippen LogP contribution in [0.5, 0.6) is 0 Å². The molecule has 0 amide bonds. The van der Waals surface area contributed by atoms with Gasteiger partial charge in [0.05, 0.1) is 0 Å². The molecule has 1 aromatic carbocycles. The van der Waals surface area contributed by atoms with Crippen LogP contribution in [0.25, 0.3) is 0 Å². The Kier molecular flexibility index (Phi) is 6.07. The summed E-state index contributed by atoms with van der Waals surface area (Å²) in [5.74, 6) is 9.64. The fourth-order valence-electron chi connectivity index (χ4n) is 1.14. The van der Waals surface area contributed by atoms with Gasteiger partial charge in [-0.15, -0.1) is 0 Å². The molecule has 4 nitrogen and oxygen atoms in total. The summed E-state index contributed by atoms with van der Waals surface area (Å²) in [5.41, 5.74) is 1.47. The van der Waals surface area contributed by atoms with Gasteiger partial charge in [-0.3, -0.25) is 0 Å². The molecule has 0 aliphatic rings. The van der Waals surface area contributed by atoms with Gasteiger partial charge in [-0.1, -0.05) is 29.7 Å². The Bertz CT molecular complexity index is 526. The van der Waals surface area contributed by atoms with E-state index in [0.29, 0.717) is 0 Å². The maximum Gasteiger partial charge on any atom is 0.329 e. The molecule has 4 heteroatoms. The maximum absolute atomic E-state index is 10.2. The molecule has 0 unspecified atom stereocenters. The Morgan fingerprint density at radius 1 is 1.22 bits per heavy atom. The minimum absolute atomic E-state index is 0.0583. The van der Waals surface area contributed by atoms with E-state index in [1.54, 1.807) is 24.3 Å². The number of carboxylic acids is 1. The van der Waals surface area contributed by atoms with E-state index in [1.807, 2.05) is 0 Å². The van der Waals surface area contributed by atoms with E-state index in [4.69, 9.17) is 9.84 Å². The van der Waals surface area contributed by atoms with Crippen LogP contribution in [0.1, 0.15) is 11.1 Å². The Morgan fingerprint density at radius 2 is 1.89 bits per heavy atom. The van der Waals surface area contributed by atoms with Crippen LogP contribution in [0.2, 0.25) is 0 Å². The van der Waals surface area contributed by atoms with E-state index in [2.05, 4.69) is 23.7 Å². The molecule has 0 aliphatic carbocycles. The van der Waals surface area contributed by atoms with Crippen molar-refractivity contribution in [1.29, 1.82) is 0 Å². The number of hydrogen-bond donors (Lipinski definition) is 1. The third-order valence-electron chi connectivity index (χ3n) is 1.80. The van der Waals surface area contributed by atoms with Crippen molar-refractivity contribution < 1.29 is 19.7 Å². The maximum atomic E-state index is 10.2. The van der Waals surface area contributed by atoms with E-state index >= 15 is 0 Å². The van der Waals surface area contributed by atoms with Gasteiger partial charge >= 0.3 is 5.97 Å². The van der Waals surface area contributed by atoms with Crippen molar-refractivity contribution in [3.8, 4) is 23.7 Å². The van der Waals surface area contributed by atoms with Crippen molar-refractivity contribution in [3.63, 3.8) is 0 Å². The van der Waals surface area contributed by atoms with Crippen molar-refractivity contribution in [2.24, 2.45) is 0 Å². The number of aliphatic carboxylic acids is 1. The van der Waals surface area contributed by atoms with Crippen LogP contribution in [-0.2, 0) is 14.6 Å². The molecule has 0 fully saturated rings. The molecule has 18 heavy (non-hydrogen) atoms. The Morgan fingerprint density at radius 3 is 2.50 bits per heavy atom. The molecular formula is C14H11O4. The second kappa shape index (κ2) is 7.92. The molecule has 0 atom stereocenters. The molecule has 0 heterocycles. The number of carbonyl (C=O) groups is 1. The monoisotopic (exact) mass is 243 g/mol. The zero-order valence-corrected chi connectivity index (χ0v) is 9.60. The molecular weight excluding hydrogens is 232 g/mol. The van der Waals surface area contributed by atoms with Gasteiger partial charge in [0.15, 0.2) is 0 Å². The fraction of sp³-hybridized carbons (Fsp3) is 0.214. The molecule has 1 rings (SSSR count). The quantitative estimate of drug-likeness (QED) is 0.634. The molecule has 1 N–H and O–H groups in total. The summed E-state index contributed by atoms with van der Waals surface area (Å²) in [5, 5.41) is 18.6. The van der Waals surface area contributed by atoms with Crippen LogP contribution in [0.3, 0.4) is 0 Å². The first-order valence-electron chi connectivity index (χ1n) is 5.18. The second-order valence-corrected chi connectivity index (χ2v) is 3.22. The highest BCUT2D eigenvalue weighted by molar-refractivity contribution is 5.68. The van der Waals surface area contributed by atoms with Crippen LogP contribution in [0.15, 0.2) is 24.3 Å². The molecule has 0 aromatic heterocycles. The van der Waals surface area contributed by atoms with Gasteiger partial charge < -0.3 is 9.84 Å². The summed E-state index contributed by atoms with van der Waals surface area (Å²) >= 11 is 0. The smallest absolute Gasteiger partial charge is 0.329 e. The normalized spacial score (nSPS) is 8.72. The Balaban J connectivity index is 2.57. The first kappa shape index (κ1) is 13.8. The predicted octanol–water partition coefficient (Wildman–Crippen LogP) is 0.921. The number of benzene rings is 1. The topological polar surface area (TPSA) is 66.4 Å². The molecule has 0 aliphatic heterocycles. The van der Waals surface area contributed by atoms with Crippen molar-refractivity contribution in [2.45, 2.75) is 0 Å². The standard InChI is InChI=1S/C14H11O4/c15-8-2-6-12-4-1-5-13(10-12)7-3-9-18-11-14(16)17/h1,4-5,10H,8-9,11H2,(H,16,17). The highest BCUT2D eigenvalue weighted by Gasteiger charge is 1.93. The minimum Gasteiger partial charge on any atom is -0.480 e. The molecule has 91 valence electrons. The summed E-state index contributed by atoms with van der Waals surface area (Å²) in [6.07, 6.45) is 0. The highest BCUT2D eigenvalue weighted by atomic mass is 16.5. The predicted molar refractivity (Wildman–Crippen MR) is 64.2 cm³/mol. The lowest BCUT2D eigenvalue weighted by molar-refractivity contribution is -0.141. The van der Waals surface area contributed by atoms with Crippen molar-refractivity contribution in [2.75, 3.05) is 19.8 Å². The summed E-state index contributed by atoms with van der Waals surface area (Å²) in [4.78, 5) is 10.2. The van der Waals surface area contributed by atoms with Gasteiger partial charge in [0.1, 0.15) is 19.8 Å². The van der Waals surface area contributed by atoms with E-state index in [9.17, 15) is 9.90 Å². The van der Waals surface area contributed by atoms with Crippen molar-refractivity contribution in [3.05, 3.63) is 35.4 Å². The number of carboxylic acid groups (broad SMARTS) is 1. The summed E-state index contributed by atoms with van der Waals surface area (Å²) in [7, 11) is 0. The SMILES string of the molecule is [O]CC#Cc1cccc(C#CCOCC(=O)O)c1. The van der Waals surface area contributed by atoms with Crippen molar-refractivity contribution >= 4 is 5.97 Å². The van der Waals surface area contributed by atoms with Gasteiger partial charge in [-0.05, 0) is 18.2 Å². The van der Waals surface area contributed by atoms with Crippen LogP contribution >= 0.6 is 0 Å². The van der Waals surface area contributed by atoms with Crippen LogP contribution in [0.4, 0.5) is 0 Å². The largest absolute Gasteiger partial charge is 0.480 e. The van der Waals surface area contributed by atoms with Gasteiger partial charge in [0.2, 0.25) is 0 Å². The Hall–Kier alpha value is -2.27. The average Bonchev–Trinajstić information content (AvgIpc) is 2.36. The van der Waals surface area contributed by atoms with Gasteiger partial charge in [0, 0.05) is 11.1 Å². The van der Waals surface area contributed by atoms with E-state index in [1.165, 1.54) is 0 Å². The summed E-state index contributed by atoms with van der Waals surface area (Å²) in [6.45, 7) is -0.731. The lowest BCUT2D eigenvalue weighted by atomic mass is 10.1. The van der Waals surface area contributed by atoms with E-state index in [-0.39, 0.29) is 13.2 Å². The lowest BCUT2D eigenvalue weighted by Gasteiger charge is -1.93. The second-order valence-electron chi connectivity index (χ2n) is 3.22. The highest BCUT2D eigenvalue weighted by Crippen LogP contribution is 2.02. The zero-order chi connectivity index (χ0) is 13.2. The number of hydrogen-bond acceptors (Lipinski definition) is 2. The van der Waals surface area contributed by atoms with Gasteiger partial charge in [0.25, 0.3) is 0 Å². The molecule has 1 aromatic rings. The summed E-state index contributed by atoms with van der Waals surface area (Å²) < 4.78 is 4.77. The first-order valence-corrected chi connectivity index (χ1v) is 5.18. The Labute approximate surface area is 105 Å². The van der Waals surface area contributed by atoms with E-state index < -0.39 is 12.6 Å². The van der Waals surface area contributed by atoms with Crippen LogP contribution in [0, 0.1) is 23.7 Å². The third kappa shape index (κ3) is 5.72. The van der Waals surface area contributed by atoms with Crippen LogP contribution < -0.4 is 0 Å². The molecule has 0 spiro atoms. The van der Waals surface area contributed by atoms with Crippen LogP contribution in [-0.4, -0.2) is 30.9 Å². The first-order chi connectivity index (χ1) is 8.72. The molecule has 0 saturated carbocycles. The number of rotatable bonds is 3.